The Morgan fingerprint density at radius 1 is 1.53 bits per heavy atom. The maximum absolute atomic E-state index is 11.5. The zero-order valence-electron chi connectivity index (χ0n) is 8.43. The fraction of sp³-hybridized carbons (Fsp3) is 0. The number of anilines is 1. The van der Waals surface area contributed by atoms with Gasteiger partial charge < -0.3 is 11.1 Å². The number of non-ortho nitro benzene ring substituents is 1. The molecule has 0 unspecified atom stereocenters. The number of guanidine groups is 1. The summed E-state index contributed by atoms with van der Waals surface area (Å²) in [6, 6.07) is 3.90. The molecule has 0 saturated heterocycles. The third-order valence-corrected chi connectivity index (χ3v) is 2.16. The molecule has 0 radical (unpaired) electrons. The Morgan fingerprint density at radius 3 is 2.82 bits per heavy atom. The summed E-state index contributed by atoms with van der Waals surface area (Å²) in [4.78, 5) is 25.1. The third-order valence-electron chi connectivity index (χ3n) is 2.16. The second-order valence-corrected chi connectivity index (χ2v) is 3.29. The molecule has 1 aliphatic rings. The van der Waals surface area contributed by atoms with E-state index >= 15 is 0 Å². The van der Waals surface area contributed by atoms with Crippen molar-refractivity contribution in [2.45, 2.75) is 0 Å². The van der Waals surface area contributed by atoms with Crippen LogP contribution >= 0.6 is 0 Å². The minimum atomic E-state index is -0.575. The standard InChI is InChI=1S/C9H7N5O3/c10-9(11)13-7-5-3-4(14(16)17)1-2-6(5)12-8(7)15/h1-3H,(H4,10,11,12,13,15). The van der Waals surface area contributed by atoms with Crippen molar-refractivity contribution in [3.8, 4) is 0 Å². The molecule has 4 N–H and O–H groups in total. The number of nitrogens with zero attached hydrogens (tertiary/aromatic N) is 2. The van der Waals surface area contributed by atoms with Crippen LogP contribution < -0.4 is 11.1 Å². The lowest BCUT2D eigenvalue weighted by atomic mass is 10.1. The number of nitrogens with one attached hydrogen (secondary N) is 2. The molecule has 0 atom stereocenters. The van der Waals surface area contributed by atoms with E-state index in [1.54, 1.807) is 0 Å². The van der Waals surface area contributed by atoms with Gasteiger partial charge in [-0.3, -0.25) is 20.3 Å². The predicted octanol–water partition coefficient (Wildman–Crippen LogP) is 0.229. The van der Waals surface area contributed by atoms with Gasteiger partial charge in [0.05, 0.1) is 10.6 Å². The van der Waals surface area contributed by atoms with Crippen molar-refractivity contribution < 1.29 is 9.72 Å². The summed E-state index contributed by atoms with van der Waals surface area (Å²) in [5.41, 5.74) is 5.52. The molecule has 86 valence electrons. The highest BCUT2D eigenvalue weighted by molar-refractivity contribution is 6.54. The minimum Gasteiger partial charge on any atom is -0.368 e. The lowest BCUT2D eigenvalue weighted by Crippen LogP contribution is -2.18. The van der Waals surface area contributed by atoms with Gasteiger partial charge in [-0.2, -0.15) is 0 Å². The van der Waals surface area contributed by atoms with Crippen molar-refractivity contribution in [3.05, 3.63) is 33.9 Å². The molecule has 0 bridgehead atoms. The van der Waals surface area contributed by atoms with E-state index in [1.165, 1.54) is 18.2 Å². The molecule has 0 aromatic heterocycles. The number of carbonyl (C=O) groups is 1. The zero-order valence-corrected chi connectivity index (χ0v) is 8.43. The number of aliphatic imine (C=N–C) groups is 1. The number of amides is 1. The van der Waals surface area contributed by atoms with Crippen molar-refractivity contribution in [3.63, 3.8) is 0 Å². The van der Waals surface area contributed by atoms with Crippen LogP contribution in [0.5, 0.6) is 0 Å². The van der Waals surface area contributed by atoms with Gasteiger partial charge in [-0.1, -0.05) is 0 Å². The van der Waals surface area contributed by atoms with Crippen molar-refractivity contribution in [1.29, 1.82) is 5.41 Å². The molecule has 1 heterocycles. The van der Waals surface area contributed by atoms with Gasteiger partial charge in [0.1, 0.15) is 5.71 Å². The monoisotopic (exact) mass is 233 g/mol. The first-order valence-electron chi connectivity index (χ1n) is 4.52. The number of hydrogen-bond donors (Lipinski definition) is 3. The van der Waals surface area contributed by atoms with E-state index in [0.29, 0.717) is 5.69 Å². The number of fused-ring (bicyclic) bond motifs is 1. The predicted molar refractivity (Wildman–Crippen MR) is 60.2 cm³/mol. The van der Waals surface area contributed by atoms with Gasteiger partial charge in [0.15, 0.2) is 0 Å². The van der Waals surface area contributed by atoms with Crippen LogP contribution in [0.1, 0.15) is 5.56 Å². The second-order valence-electron chi connectivity index (χ2n) is 3.29. The van der Waals surface area contributed by atoms with Gasteiger partial charge >= 0.3 is 0 Å². The van der Waals surface area contributed by atoms with Crippen LogP contribution in [0.4, 0.5) is 11.4 Å². The molecule has 1 aliphatic heterocycles. The molecule has 1 aromatic carbocycles. The Hall–Kier alpha value is -2.77. The molecular formula is C9H7N5O3. The summed E-state index contributed by atoms with van der Waals surface area (Å²) in [7, 11) is 0. The fourth-order valence-electron chi connectivity index (χ4n) is 1.49. The summed E-state index contributed by atoms with van der Waals surface area (Å²) in [5, 5.41) is 20.1. The minimum absolute atomic E-state index is 0.0869. The largest absolute Gasteiger partial charge is 0.368 e. The Labute approximate surface area is 94.8 Å². The maximum Gasteiger partial charge on any atom is 0.275 e. The molecule has 0 saturated carbocycles. The first kappa shape index (κ1) is 10.7. The van der Waals surface area contributed by atoms with Gasteiger partial charge in [0.25, 0.3) is 11.6 Å². The van der Waals surface area contributed by atoms with Crippen molar-refractivity contribution in [2.24, 2.45) is 10.7 Å². The van der Waals surface area contributed by atoms with Crippen LogP contribution in [0.3, 0.4) is 0 Å². The molecule has 2 rings (SSSR count). The Morgan fingerprint density at radius 2 is 2.24 bits per heavy atom. The molecule has 0 spiro atoms. The summed E-state index contributed by atoms with van der Waals surface area (Å²) in [6.07, 6.45) is 0. The molecule has 8 heteroatoms. The van der Waals surface area contributed by atoms with Crippen LogP contribution in [0.2, 0.25) is 0 Å². The van der Waals surface area contributed by atoms with Crippen LogP contribution in [-0.2, 0) is 4.79 Å². The normalized spacial score (nSPS) is 15.5. The highest BCUT2D eigenvalue weighted by Gasteiger charge is 2.28. The lowest BCUT2D eigenvalue weighted by molar-refractivity contribution is -0.384. The number of hydrogen-bond acceptors (Lipinski definition) is 4. The molecular weight excluding hydrogens is 226 g/mol. The van der Waals surface area contributed by atoms with E-state index in [-0.39, 0.29) is 17.0 Å². The molecule has 1 aromatic rings. The fourth-order valence-corrected chi connectivity index (χ4v) is 1.49. The average Bonchev–Trinajstić information content (AvgIpc) is 2.54. The van der Waals surface area contributed by atoms with Crippen LogP contribution in [0.15, 0.2) is 23.2 Å². The summed E-state index contributed by atoms with van der Waals surface area (Å²) < 4.78 is 0. The van der Waals surface area contributed by atoms with Crippen molar-refractivity contribution in [1.82, 2.24) is 0 Å². The average molecular weight is 233 g/mol. The highest BCUT2D eigenvalue weighted by atomic mass is 16.6. The first-order chi connectivity index (χ1) is 7.99. The van der Waals surface area contributed by atoms with E-state index in [9.17, 15) is 14.9 Å². The molecule has 0 fully saturated rings. The number of nitro groups is 1. The quantitative estimate of drug-likeness (QED) is 0.277. The molecule has 17 heavy (non-hydrogen) atoms. The maximum atomic E-state index is 11.5. The van der Waals surface area contributed by atoms with Crippen LogP contribution in [-0.4, -0.2) is 22.5 Å². The van der Waals surface area contributed by atoms with Crippen molar-refractivity contribution in [2.75, 3.05) is 5.32 Å². The summed E-state index contributed by atoms with van der Waals surface area (Å²) in [5.74, 6) is -1.06. The topological polar surface area (TPSA) is 134 Å². The van der Waals surface area contributed by atoms with E-state index in [0.717, 1.165) is 0 Å². The van der Waals surface area contributed by atoms with Crippen LogP contribution in [0.25, 0.3) is 0 Å². The van der Waals surface area contributed by atoms with Gasteiger partial charge in [0, 0.05) is 17.7 Å². The molecule has 1 amide bonds. The second kappa shape index (κ2) is 3.67. The van der Waals surface area contributed by atoms with Gasteiger partial charge in [-0.25, -0.2) is 4.99 Å². The Kier molecular flexibility index (Phi) is 2.32. The first-order valence-corrected chi connectivity index (χ1v) is 4.52. The van der Waals surface area contributed by atoms with Gasteiger partial charge in [-0.15, -0.1) is 0 Å². The van der Waals surface area contributed by atoms with Gasteiger partial charge in [0.2, 0.25) is 5.96 Å². The van der Waals surface area contributed by atoms with Gasteiger partial charge in [-0.05, 0) is 6.07 Å². The number of nitro benzene ring substituents is 1. The number of rotatable bonds is 1. The van der Waals surface area contributed by atoms with Crippen molar-refractivity contribution >= 4 is 29.0 Å². The zero-order chi connectivity index (χ0) is 12.6. The number of benzene rings is 1. The number of carbonyl (C=O) groups excluding carboxylic acids is 1. The van der Waals surface area contributed by atoms with Crippen LogP contribution in [0, 0.1) is 15.5 Å². The number of nitrogens with two attached hydrogens (primary N) is 1. The molecule has 0 aliphatic carbocycles. The van der Waals surface area contributed by atoms with E-state index < -0.39 is 16.8 Å². The lowest BCUT2D eigenvalue weighted by Gasteiger charge is -1.97. The van der Waals surface area contributed by atoms with E-state index in [1.807, 2.05) is 0 Å². The summed E-state index contributed by atoms with van der Waals surface area (Å²) in [6.45, 7) is 0. The Balaban J connectivity index is 2.58. The smallest absolute Gasteiger partial charge is 0.275 e. The SMILES string of the molecule is N=C(N)/N=C1\C(=O)Nc2ccc([N+](=O)[O-])cc21. The Bertz CT molecular complexity index is 578. The highest BCUT2D eigenvalue weighted by Crippen LogP contribution is 2.27. The van der Waals surface area contributed by atoms with E-state index in [4.69, 9.17) is 11.1 Å². The summed E-state index contributed by atoms with van der Waals surface area (Å²) >= 11 is 0. The van der Waals surface area contributed by atoms with E-state index in [2.05, 4.69) is 10.3 Å². The third kappa shape index (κ3) is 1.83. The molecule has 8 nitrogen and oxygen atoms in total.